The third-order valence-electron chi connectivity index (χ3n) is 3.27. The van der Waals surface area contributed by atoms with Gasteiger partial charge in [-0.15, -0.1) is 23.5 Å². The zero-order valence-corrected chi connectivity index (χ0v) is 13.2. The Morgan fingerprint density at radius 2 is 1.90 bits per heavy atom. The lowest BCUT2D eigenvalue weighted by molar-refractivity contribution is -0.107. The molecule has 4 nitrogen and oxygen atoms in total. The number of nitriles is 1. The van der Waals surface area contributed by atoms with E-state index in [-0.39, 0.29) is 0 Å². The monoisotopic (exact) mass is 307 g/mol. The SMILES string of the molecule is CN(C)C1CSC(C#N)(N(C=O)c2ccccc2)SC1. The van der Waals surface area contributed by atoms with Gasteiger partial charge in [-0.3, -0.25) is 9.69 Å². The lowest BCUT2D eigenvalue weighted by Crippen LogP contribution is -2.48. The zero-order chi connectivity index (χ0) is 14.6. The smallest absolute Gasteiger partial charge is 0.228 e. The van der Waals surface area contributed by atoms with Crippen molar-refractivity contribution in [3.63, 3.8) is 0 Å². The van der Waals surface area contributed by atoms with Crippen LogP contribution in [-0.4, -0.2) is 47.2 Å². The van der Waals surface area contributed by atoms with Gasteiger partial charge in [0.05, 0.1) is 0 Å². The number of hydrogen-bond acceptors (Lipinski definition) is 5. The van der Waals surface area contributed by atoms with Crippen molar-refractivity contribution < 1.29 is 4.79 Å². The van der Waals surface area contributed by atoms with Crippen LogP contribution in [0.5, 0.6) is 0 Å². The Bertz CT molecular complexity index is 493. The van der Waals surface area contributed by atoms with Crippen LogP contribution in [0.1, 0.15) is 0 Å². The second-order valence-corrected chi connectivity index (χ2v) is 7.43. The van der Waals surface area contributed by atoms with E-state index in [1.807, 2.05) is 44.4 Å². The van der Waals surface area contributed by atoms with Gasteiger partial charge in [0.2, 0.25) is 10.6 Å². The third-order valence-corrected chi connectivity index (χ3v) is 6.44. The molecule has 0 unspecified atom stereocenters. The van der Waals surface area contributed by atoms with Crippen molar-refractivity contribution >= 4 is 35.6 Å². The van der Waals surface area contributed by atoms with E-state index in [1.165, 1.54) is 28.4 Å². The number of benzene rings is 1. The van der Waals surface area contributed by atoms with Crippen LogP contribution in [0.4, 0.5) is 5.69 Å². The number of anilines is 1. The maximum absolute atomic E-state index is 11.5. The molecule has 1 aliphatic rings. The summed E-state index contributed by atoms with van der Waals surface area (Å²) in [5, 5.41) is 9.62. The van der Waals surface area contributed by atoms with Gasteiger partial charge in [0.25, 0.3) is 0 Å². The summed E-state index contributed by atoms with van der Waals surface area (Å²) in [5.41, 5.74) is 0.757. The summed E-state index contributed by atoms with van der Waals surface area (Å²) in [6.45, 7) is 0. The fourth-order valence-corrected chi connectivity index (χ4v) is 5.22. The number of para-hydroxylation sites is 1. The Labute approximate surface area is 128 Å². The van der Waals surface area contributed by atoms with Crippen molar-refractivity contribution in [1.29, 1.82) is 5.26 Å². The molecule has 0 aromatic heterocycles. The van der Waals surface area contributed by atoms with E-state index in [4.69, 9.17) is 0 Å². The number of hydrogen-bond donors (Lipinski definition) is 0. The van der Waals surface area contributed by atoms with Crippen LogP contribution < -0.4 is 4.90 Å². The van der Waals surface area contributed by atoms with E-state index in [2.05, 4.69) is 11.0 Å². The summed E-state index contributed by atoms with van der Waals surface area (Å²) in [6, 6.07) is 12.1. The van der Waals surface area contributed by atoms with Crippen molar-refractivity contribution in [2.45, 2.75) is 10.2 Å². The largest absolute Gasteiger partial charge is 0.305 e. The fraction of sp³-hybridized carbons (Fsp3) is 0.429. The minimum atomic E-state index is -0.865. The van der Waals surface area contributed by atoms with Gasteiger partial charge < -0.3 is 4.90 Å². The summed E-state index contributed by atoms with van der Waals surface area (Å²) in [7, 11) is 4.08. The normalized spacial score (nSPS) is 26.0. The number of rotatable bonds is 4. The van der Waals surface area contributed by atoms with Crippen molar-refractivity contribution in [3.8, 4) is 6.07 Å². The van der Waals surface area contributed by atoms with E-state index < -0.39 is 4.20 Å². The quantitative estimate of drug-likeness (QED) is 0.798. The molecule has 0 radical (unpaired) electrons. The van der Waals surface area contributed by atoms with Gasteiger partial charge in [-0.2, -0.15) is 5.26 Å². The van der Waals surface area contributed by atoms with Crippen molar-refractivity contribution in [2.24, 2.45) is 0 Å². The van der Waals surface area contributed by atoms with Gasteiger partial charge in [0, 0.05) is 23.2 Å². The first-order valence-corrected chi connectivity index (χ1v) is 8.25. The predicted octanol–water partition coefficient (Wildman–Crippen LogP) is 2.24. The highest BCUT2D eigenvalue weighted by molar-refractivity contribution is 8.19. The maximum atomic E-state index is 11.5. The molecule has 106 valence electrons. The molecule has 0 spiro atoms. The van der Waals surface area contributed by atoms with Crippen molar-refractivity contribution in [3.05, 3.63) is 30.3 Å². The van der Waals surface area contributed by atoms with Gasteiger partial charge in [0.1, 0.15) is 6.07 Å². The second kappa shape index (κ2) is 6.53. The van der Waals surface area contributed by atoms with Crippen molar-refractivity contribution in [2.75, 3.05) is 30.5 Å². The predicted molar refractivity (Wildman–Crippen MR) is 85.7 cm³/mol. The number of thioether (sulfide) groups is 2. The van der Waals surface area contributed by atoms with E-state index in [0.29, 0.717) is 6.04 Å². The Kier molecular flexibility index (Phi) is 4.97. The van der Waals surface area contributed by atoms with Gasteiger partial charge in [-0.05, 0) is 26.2 Å². The fourth-order valence-electron chi connectivity index (χ4n) is 1.95. The molecule has 6 heteroatoms. The first-order valence-electron chi connectivity index (χ1n) is 6.28. The lowest BCUT2D eigenvalue weighted by atomic mass is 10.3. The van der Waals surface area contributed by atoms with Gasteiger partial charge in [-0.1, -0.05) is 18.2 Å². The van der Waals surface area contributed by atoms with Crippen LogP contribution in [-0.2, 0) is 4.79 Å². The van der Waals surface area contributed by atoms with Crippen LogP contribution in [0.2, 0.25) is 0 Å². The van der Waals surface area contributed by atoms with Gasteiger partial charge in [0.15, 0.2) is 0 Å². The standard InChI is InChI=1S/C14H17N3OS2/c1-16(2)13-8-19-14(10-15,20-9-13)17(11-18)12-6-4-3-5-7-12/h3-7,11,13H,8-9H2,1-2H3. The highest BCUT2D eigenvalue weighted by Crippen LogP contribution is 2.46. The molecule has 0 N–H and O–H groups in total. The molecular formula is C14H17N3OS2. The Morgan fingerprint density at radius 1 is 1.30 bits per heavy atom. The number of amides is 1. The van der Waals surface area contributed by atoms with E-state index >= 15 is 0 Å². The lowest BCUT2D eigenvalue weighted by Gasteiger charge is -2.41. The Balaban J connectivity index is 2.23. The topological polar surface area (TPSA) is 47.3 Å². The molecular weight excluding hydrogens is 290 g/mol. The van der Waals surface area contributed by atoms with E-state index in [9.17, 15) is 10.1 Å². The molecule has 2 rings (SSSR count). The molecule has 1 saturated heterocycles. The molecule has 1 aromatic rings. The number of carbonyl (C=O) groups excluding carboxylic acids is 1. The van der Waals surface area contributed by atoms with Crippen LogP contribution >= 0.6 is 23.5 Å². The van der Waals surface area contributed by atoms with E-state index in [0.717, 1.165) is 23.6 Å². The van der Waals surface area contributed by atoms with Crippen LogP contribution in [0.25, 0.3) is 0 Å². The van der Waals surface area contributed by atoms with Crippen LogP contribution in [0.3, 0.4) is 0 Å². The molecule has 1 heterocycles. The Morgan fingerprint density at radius 3 is 2.35 bits per heavy atom. The highest BCUT2D eigenvalue weighted by atomic mass is 32.2. The minimum absolute atomic E-state index is 0.427. The molecule has 0 atom stereocenters. The summed E-state index contributed by atoms with van der Waals surface area (Å²) in [5.74, 6) is 1.68. The van der Waals surface area contributed by atoms with Gasteiger partial charge in [-0.25, -0.2) is 0 Å². The zero-order valence-electron chi connectivity index (χ0n) is 11.5. The average Bonchev–Trinajstić information content (AvgIpc) is 2.49. The first-order chi connectivity index (χ1) is 9.63. The van der Waals surface area contributed by atoms with Crippen LogP contribution in [0.15, 0.2) is 30.3 Å². The summed E-state index contributed by atoms with van der Waals surface area (Å²) in [6.07, 6.45) is 0.758. The average molecular weight is 307 g/mol. The number of carbonyl (C=O) groups is 1. The molecule has 1 fully saturated rings. The summed E-state index contributed by atoms with van der Waals surface area (Å²) >= 11 is 3.06. The van der Waals surface area contributed by atoms with E-state index in [1.54, 1.807) is 0 Å². The molecule has 20 heavy (non-hydrogen) atoms. The highest BCUT2D eigenvalue weighted by Gasteiger charge is 2.43. The molecule has 0 bridgehead atoms. The molecule has 1 aromatic carbocycles. The van der Waals surface area contributed by atoms with Crippen molar-refractivity contribution in [1.82, 2.24) is 4.90 Å². The minimum Gasteiger partial charge on any atom is -0.305 e. The first kappa shape index (κ1) is 15.2. The van der Waals surface area contributed by atoms with Crippen LogP contribution in [0, 0.1) is 11.3 Å². The third kappa shape index (κ3) is 2.95. The molecule has 0 saturated carbocycles. The summed E-state index contributed by atoms with van der Waals surface area (Å²) in [4.78, 5) is 15.2. The second-order valence-electron chi connectivity index (χ2n) is 4.74. The maximum Gasteiger partial charge on any atom is 0.228 e. The molecule has 1 aliphatic heterocycles. The molecule has 1 amide bonds. The molecule has 0 aliphatic carbocycles. The number of nitrogens with zero attached hydrogens (tertiary/aromatic N) is 3. The van der Waals surface area contributed by atoms with Gasteiger partial charge >= 0.3 is 0 Å². The summed E-state index contributed by atoms with van der Waals surface area (Å²) < 4.78 is -0.865. The Hall–Kier alpha value is -1.16.